The molecule has 1 heterocycles. The summed E-state index contributed by atoms with van der Waals surface area (Å²) in [7, 11) is 0. The van der Waals surface area contributed by atoms with Crippen molar-refractivity contribution in [1.82, 2.24) is 10.3 Å². The number of fused-ring (bicyclic) bond motifs is 1. The molecular formula is C15H11BrN2O2. The van der Waals surface area contributed by atoms with Crippen molar-refractivity contribution >= 4 is 32.9 Å². The van der Waals surface area contributed by atoms with Crippen LogP contribution in [0.3, 0.4) is 0 Å². The average molecular weight is 331 g/mol. The molecule has 0 saturated carbocycles. The first-order chi connectivity index (χ1) is 9.74. The number of rotatable bonds is 3. The van der Waals surface area contributed by atoms with E-state index in [1.807, 2.05) is 42.5 Å². The van der Waals surface area contributed by atoms with Crippen molar-refractivity contribution in [2.24, 2.45) is 0 Å². The monoisotopic (exact) mass is 330 g/mol. The molecule has 0 radical (unpaired) electrons. The van der Waals surface area contributed by atoms with E-state index in [1.54, 1.807) is 6.07 Å². The summed E-state index contributed by atoms with van der Waals surface area (Å²) >= 11 is 3.35. The molecule has 2 aromatic carbocycles. The maximum absolute atomic E-state index is 12.0. The highest BCUT2D eigenvalue weighted by Gasteiger charge is 2.11. The van der Waals surface area contributed by atoms with Gasteiger partial charge in [0.2, 0.25) is 5.89 Å². The lowest BCUT2D eigenvalue weighted by molar-refractivity contribution is 0.0946. The number of amides is 1. The predicted octanol–water partition coefficient (Wildman–Crippen LogP) is 3.52. The van der Waals surface area contributed by atoms with Crippen LogP contribution >= 0.6 is 15.9 Å². The Balaban J connectivity index is 1.73. The van der Waals surface area contributed by atoms with Crippen molar-refractivity contribution in [2.45, 2.75) is 6.54 Å². The molecule has 3 aromatic rings. The van der Waals surface area contributed by atoms with Gasteiger partial charge >= 0.3 is 0 Å². The SMILES string of the molecule is O=C(NCc1nc2ccccc2o1)c1ccccc1Br. The molecule has 100 valence electrons. The number of carbonyl (C=O) groups is 1. The van der Waals surface area contributed by atoms with Crippen LogP contribution in [0, 0.1) is 0 Å². The van der Waals surface area contributed by atoms with Crippen LogP contribution in [0.15, 0.2) is 57.4 Å². The van der Waals surface area contributed by atoms with Crippen LogP contribution in [0.25, 0.3) is 11.1 Å². The predicted molar refractivity (Wildman–Crippen MR) is 79.3 cm³/mol. The fraction of sp³-hybridized carbons (Fsp3) is 0.0667. The van der Waals surface area contributed by atoms with E-state index in [-0.39, 0.29) is 12.5 Å². The molecular weight excluding hydrogens is 320 g/mol. The van der Waals surface area contributed by atoms with E-state index >= 15 is 0 Å². The second-order valence-electron chi connectivity index (χ2n) is 4.24. The van der Waals surface area contributed by atoms with Gasteiger partial charge in [-0.1, -0.05) is 24.3 Å². The number of nitrogens with one attached hydrogen (secondary N) is 1. The molecule has 0 bridgehead atoms. The molecule has 0 unspecified atom stereocenters. The first kappa shape index (κ1) is 12.9. The lowest BCUT2D eigenvalue weighted by atomic mass is 10.2. The summed E-state index contributed by atoms with van der Waals surface area (Å²) in [6.45, 7) is 0.259. The second-order valence-corrected chi connectivity index (χ2v) is 5.09. The lowest BCUT2D eigenvalue weighted by Crippen LogP contribution is -2.23. The van der Waals surface area contributed by atoms with Gasteiger partial charge in [0.05, 0.1) is 12.1 Å². The molecule has 3 rings (SSSR count). The van der Waals surface area contributed by atoms with Crippen LogP contribution in [0.2, 0.25) is 0 Å². The van der Waals surface area contributed by atoms with E-state index in [9.17, 15) is 4.79 Å². The molecule has 0 aliphatic carbocycles. The quantitative estimate of drug-likeness (QED) is 0.799. The fourth-order valence-electron chi connectivity index (χ4n) is 1.89. The highest BCUT2D eigenvalue weighted by molar-refractivity contribution is 9.10. The van der Waals surface area contributed by atoms with Gasteiger partial charge in [-0.05, 0) is 40.2 Å². The van der Waals surface area contributed by atoms with Crippen molar-refractivity contribution in [3.63, 3.8) is 0 Å². The summed E-state index contributed by atoms with van der Waals surface area (Å²) in [5, 5.41) is 2.79. The number of carbonyl (C=O) groups excluding carboxylic acids is 1. The molecule has 0 atom stereocenters. The molecule has 4 nitrogen and oxygen atoms in total. The van der Waals surface area contributed by atoms with Crippen LogP contribution in [0.4, 0.5) is 0 Å². The van der Waals surface area contributed by atoms with Crippen LogP contribution < -0.4 is 5.32 Å². The summed E-state index contributed by atoms with van der Waals surface area (Å²) < 4.78 is 6.31. The summed E-state index contributed by atoms with van der Waals surface area (Å²) in [5.74, 6) is 0.325. The molecule has 1 aromatic heterocycles. The number of hydrogen-bond acceptors (Lipinski definition) is 3. The molecule has 0 saturated heterocycles. The van der Waals surface area contributed by atoms with E-state index in [0.717, 1.165) is 15.6 Å². The molecule has 0 aliphatic rings. The van der Waals surface area contributed by atoms with E-state index in [2.05, 4.69) is 26.2 Å². The molecule has 1 N–H and O–H groups in total. The first-order valence-electron chi connectivity index (χ1n) is 6.11. The number of benzene rings is 2. The summed E-state index contributed by atoms with van der Waals surface area (Å²) in [6.07, 6.45) is 0. The Kier molecular flexibility index (Phi) is 3.52. The van der Waals surface area contributed by atoms with Gasteiger partial charge in [0.1, 0.15) is 5.52 Å². The Morgan fingerprint density at radius 1 is 1.15 bits per heavy atom. The van der Waals surface area contributed by atoms with Crippen molar-refractivity contribution in [3.8, 4) is 0 Å². The minimum absolute atomic E-state index is 0.167. The van der Waals surface area contributed by atoms with Crippen LogP contribution in [0.5, 0.6) is 0 Å². The smallest absolute Gasteiger partial charge is 0.252 e. The van der Waals surface area contributed by atoms with Gasteiger partial charge in [-0.25, -0.2) is 4.98 Å². The number of oxazole rings is 1. The number of hydrogen-bond donors (Lipinski definition) is 1. The Hall–Kier alpha value is -2.14. The lowest BCUT2D eigenvalue weighted by Gasteiger charge is -2.04. The van der Waals surface area contributed by atoms with Crippen molar-refractivity contribution < 1.29 is 9.21 Å². The van der Waals surface area contributed by atoms with E-state index < -0.39 is 0 Å². The van der Waals surface area contributed by atoms with Gasteiger partial charge in [-0.2, -0.15) is 0 Å². The van der Waals surface area contributed by atoms with Crippen molar-refractivity contribution in [2.75, 3.05) is 0 Å². The van der Waals surface area contributed by atoms with E-state index in [1.165, 1.54) is 0 Å². The number of nitrogens with zero attached hydrogens (tertiary/aromatic N) is 1. The highest BCUT2D eigenvalue weighted by Crippen LogP contribution is 2.17. The number of aromatic nitrogens is 1. The molecule has 20 heavy (non-hydrogen) atoms. The van der Waals surface area contributed by atoms with Gasteiger partial charge in [0.25, 0.3) is 5.91 Å². The van der Waals surface area contributed by atoms with Crippen LogP contribution in [-0.4, -0.2) is 10.9 Å². The third-order valence-electron chi connectivity index (χ3n) is 2.86. The second kappa shape index (κ2) is 5.46. The summed E-state index contributed by atoms with van der Waals surface area (Å²) in [6, 6.07) is 14.8. The van der Waals surface area contributed by atoms with E-state index in [4.69, 9.17) is 4.42 Å². The fourth-order valence-corrected chi connectivity index (χ4v) is 2.36. The minimum atomic E-state index is -0.167. The highest BCUT2D eigenvalue weighted by atomic mass is 79.9. The zero-order valence-corrected chi connectivity index (χ0v) is 12.1. The van der Waals surface area contributed by atoms with Gasteiger partial charge in [-0.15, -0.1) is 0 Å². The Bertz CT molecular complexity index is 734. The Labute approximate surface area is 123 Å². The standard InChI is InChI=1S/C15H11BrN2O2/c16-11-6-2-1-5-10(11)15(19)17-9-14-18-12-7-3-4-8-13(12)20-14/h1-8H,9H2,(H,17,19). The normalized spacial score (nSPS) is 10.7. The third-order valence-corrected chi connectivity index (χ3v) is 3.55. The minimum Gasteiger partial charge on any atom is -0.439 e. The van der Waals surface area contributed by atoms with Crippen molar-refractivity contribution in [1.29, 1.82) is 0 Å². The molecule has 0 spiro atoms. The third kappa shape index (κ3) is 2.58. The largest absolute Gasteiger partial charge is 0.439 e. The number of para-hydroxylation sites is 2. The maximum atomic E-state index is 12.0. The van der Waals surface area contributed by atoms with Gasteiger partial charge in [0.15, 0.2) is 5.58 Å². The van der Waals surface area contributed by atoms with Crippen LogP contribution in [-0.2, 0) is 6.54 Å². The Morgan fingerprint density at radius 3 is 2.70 bits per heavy atom. The summed E-state index contributed by atoms with van der Waals surface area (Å²) in [5.41, 5.74) is 2.10. The molecule has 1 amide bonds. The maximum Gasteiger partial charge on any atom is 0.252 e. The zero-order chi connectivity index (χ0) is 13.9. The zero-order valence-electron chi connectivity index (χ0n) is 10.5. The topological polar surface area (TPSA) is 55.1 Å². The van der Waals surface area contributed by atoms with Gasteiger partial charge < -0.3 is 9.73 Å². The van der Waals surface area contributed by atoms with Crippen molar-refractivity contribution in [3.05, 3.63) is 64.5 Å². The summed E-state index contributed by atoms with van der Waals surface area (Å²) in [4.78, 5) is 16.4. The number of halogens is 1. The average Bonchev–Trinajstić information content (AvgIpc) is 2.88. The van der Waals surface area contributed by atoms with Gasteiger partial charge in [0, 0.05) is 4.47 Å². The first-order valence-corrected chi connectivity index (χ1v) is 6.90. The van der Waals surface area contributed by atoms with E-state index in [0.29, 0.717) is 11.5 Å². The molecule has 0 fully saturated rings. The Morgan fingerprint density at radius 2 is 1.90 bits per heavy atom. The molecule has 5 heteroatoms. The van der Waals surface area contributed by atoms with Gasteiger partial charge in [-0.3, -0.25) is 4.79 Å². The van der Waals surface area contributed by atoms with Crippen LogP contribution in [0.1, 0.15) is 16.2 Å². The molecule has 0 aliphatic heterocycles.